The van der Waals surface area contributed by atoms with E-state index in [1.165, 1.54) is 0 Å². The molecule has 0 saturated carbocycles. The van der Waals surface area contributed by atoms with Crippen molar-refractivity contribution in [1.29, 1.82) is 0 Å². The SMILES string of the molecule is O=C(BS(=O)(=O)N1CCCCCCCCC1=O)Nc1ccccc1. The normalized spacial score (nSPS) is 17.2. The molecule has 24 heavy (non-hydrogen) atoms. The van der Waals surface area contributed by atoms with Crippen molar-refractivity contribution in [3.05, 3.63) is 30.3 Å². The van der Waals surface area contributed by atoms with Crippen molar-refractivity contribution >= 4 is 33.8 Å². The van der Waals surface area contributed by atoms with Gasteiger partial charge in [0.1, 0.15) is 0 Å². The van der Waals surface area contributed by atoms with Crippen molar-refractivity contribution in [3.63, 3.8) is 0 Å². The van der Waals surface area contributed by atoms with E-state index in [9.17, 15) is 18.0 Å². The zero-order chi connectivity index (χ0) is 17.4. The fourth-order valence-corrected chi connectivity index (χ4v) is 4.11. The van der Waals surface area contributed by atoms with Crippen LogP contribution in [-0.4, -0.2) is 37.5 Å². The molecule has 0 bridgehead atoms. The zero-order valence-corrected chi connectivity index (χ0v) is 14.6. The Bertz CT molecular complexity index is 664. The minimum atomic E-state index is -3.95. The fraction of sp³-hybridized carbons (Fsp3) is 0.500. The highest BCUT2D eigenvalue weighted by molar-refractivity contribution is 8.16. The second-order valence-corrected chi connectivity index (χ2v) is 7.90. The summed E-state index contributed by atoms with van der Waals surface area (Å²) < 4.78 is 25.9. The maximum Gasteiger partial charge on any atom is 0.405 e. The van der Waals surface area contributed by atoms with Gasteiger partial charge in [-0.25, -0.2) is 12.7 Å². The van der Waals surface area contributed by atoms with Crippen molar-refractivity contribution in [3.8, 4) is 0 Å². The van der Waals surface area contributed by atoms with Crippen LogP contribution in [0.2, 0.25) is 0 Å². The molecular weight excluding hydrogens is 327 g/mol. The molecule has 1 N–H and O–H groups in total. The van der Waals surface area contributed by atoms with E-state index >= 15 is 0 Å². The predicted molar refractivity (Wildman–Crippen MR) is 95.6 cm³/mol. The van der Waals surface area contributed by atoms with Crippen LogP contribution in [0.1, 0.15) is 44.9 Å². The van der Waals surface area contributed by atoms with Crippen LogP contribution < -0.4 is 5.32 Å². The van der Waals surface area contributed by atoms with E-state index in [1.807, 2.05) is 0 Å². The first-order valence-electron chi connectivity index (χ1n) is 8.37. The molecule has 8 heteroatoms. The molecule has 1 aromatic rings. The van der Waals surface area contributed by atoms with Crippen LogP contribution in [0.4, 0.5) is 10.5 Å². The molecule has 0 aromatic heterocycles. The monoisotopic (exact) mass is 350 g/mol. The topological polar surface area (TPSA) is 83.6 Å². The molecule has 1 heterocycles. The Labute approximate surface area is 143 Å². The van der Waals surface area contributed by atoms with Gasteiger partial charge in [-0.2, -0.15) is 0 Å². The molecule has 6 nitrogen and oxygen atoms in total. The second-order valence-electron chi connectivity index (χ2n) is 6.01. The smallest absolute Gasteiger partial charge is 0.334 e. The van der Waals surface area contributed by atoms with Crippen LogP contribution in [0.15, 0.2) is 30.3 Å². The number of hydrogen-bond donors (Lipinski definition) is 1. The van der Waals surface area contributed by atoms with E-state index in [4.69, 9.17) is 0 Å². The number of carbonyl (C=O) groups excluding carboxylic acids is 2. The molecule has 2 amide bonds. The zero-order valence-electron chi connectivity index (χ0n) is 13.7. The molecule has 1 saturated heterocycles. The summed E-state index contributed by atoms with van der Waals surface area (Å²) in [7, 11) is -3.95. The number of nitrogens with one attached hydrogen (secondary N) is 1. The molecule has 0 radical (unpaired) electrons. The summed E-state index contributed by atoms with van der Waals surface area (Å²) in [5.41, 5.74) is 0.532. The van der Waals surface area contributed by atoms with Crippen molar-refractivity contribution in [2.24, 2.45) is 0 Å². The van der Waals surface area contributed by atoms with E-state index < -0.39 is 28.1 Å². The van der Waals surface area contributed by atoms with Crippen molar-refractivity contribution in [2.45, 2.75) is 44.9 Å². The first-order chi connectivity index (χ1) is 11.5. The summed E-state index contributed by atoms with van der Waals surface area (Å²) in [6.07, 6.45) is 5.53. The molecule has 2 rings (SSSR count). The molecule has 130 valence electrons. The molecular formula is C16H23BN2O4S. The van der Waals surface area contributed by atoms with Gasteiger partial charge in [0.05, 0.1) is 0 Å². The molecule has 0 atom stereocenters. The third kappa shape index (κ3) is 5.67. The van der Waals surface area contributed by atoms with Crippen LogP contribution in [0.3, 0.4) is 0 Å². The molecule has 0 unspecified atom stereocenters. The Morgan fingerprint density at radius 2 is 1.62 bits per heavy atom. The average molecular weight is 350 g/mol. The van der Waals surface area contributed by atoms with Gasteiger partial charge in [0.15, 0.2) is 15.7 Å². The maximum absolute atomic E-state index is 12.5. The van der Waals surface area contributed by atoms with Gasteiger partial charge >= 0.3 is 6.56 Å². The van der Waals surface area contributed by atoms with Crippen LogP contribution in [0.25, 0.3) is 0 Å². The lowest BCUT2D eigenvalue weighted by atomic mass is 10.1. The number of amides is 2. The molecule has 1 fully saturated rings. The van der Waals surface area contributed by atoms with Gasteiger partial charge in [0.25, 0.3) is 0 Å². The van der Waals surface area contributed by atoms with Crippen LogP contribution in [0.5, 0.6) is 0 Å². The number of carbonyl (C=O) groups is 2. The highest BCUT2D eigenvalue weighted by Gasteiger charge is 2.31. The Hall–Kier alpha value is -1.83. The molecule has 1 aromatic carbocycles. The van der Waals surface area contributed by atoms with Crippen molar-refractivity contribution < 1.29 is 18.0 Å². The third-order valence-electron chi connectivity index (χ3n) is 3.99. The first kappa shape index (κ1) is 18.5. The number of anilines is 1. The standard InChI is InChI=1S/C16H23BN2O4S/c20-15-12-8-3-1-2-4-9-13-19(15)24(22,23)17-16(21)18-14-10-6-5-7-11-14/h5-7,10-11,17H,1-4,8-9,12-13H2,(H,18,21). The number of rotatable bonds is 4. The number of nitrogens with zero attached hydrogens (tertiary/aromatic N) is 1. The van der Waals surface area contributed by atoms with Crippen LogP contribution in [0, 0.1) is 0 Å². The van der Waals surface area contributed by atoms with Gasteiger partial charge in [-0.15, -0.1) is 0 Å². The highest BCUT2D eigenvalue weighted by Crippen LogP contribution is 2.15. The summed E-state index contributed by atoms with van der Waals surface area (Å²) in [5.74, 6) is -1.03. The fourth-order valence-electron chi connectivity index (χ4n) is 2.74. The van der Waals surface area contributed by atoms with Gasteiger partial charge in [0, 0.05) is 18.7 Å². The highest BCUT2D eigenvalue weighted by atomic mass is 32.2. The Morgan fingerprint density at radius 3 is 2.33 bits per heavy atom. The van der Waals surface area contributed by atoms with E-state index in [1.54, 1.807) is 30.3 Å². The Balaban J connectivity index is 2.02. The lowest BCUT2D eigenvalue weighted by Gasteiger charge is -2.23. The summed E-state index contributed by atoms with van der Waals surface area (Å²) in [6.45, 7) is -0.548. The van der Waals surface area contributed by atoms with Gasteiger partial charge in [-0.05, 0) is 25.0 Å². The minimum Gasteiger partial charge on any atom is -0.334 e. The minimum absolute atomic E-state index is 0.166. The molecule has 1 aliphatic rings. The quantitative estimate of drug-likeness (QED) is 0.846. The van der Waals surface area contributed by atoms with Crippen molar-refractivity contribution in [1.82, 2.24) is 4.31 Å². The summed E-state index contributed by atoms with van der Waals surface area (Å²) in [4.78, 5) is 24.3. The predicted octanol–water partition coefficient (Wildman–Crippen LogP) is 2.47. The van der Waals surface area contributed by atoms with E-state index in [0.29, 0.717) is 18.5 Å². The third-order valence-corrected chi connectivity index (χ3v) is 5.67. The Morgan fingerprint density at radius 1 is 1.00 bits per heavy atom. The largest absolute Gasteiger partial charge is 0.405 e. The number of hydrogen-bond acceptors (Lipinski definition) is 4. The van der Waals surface area contributed by atoms with E-state index in [2.05, 4.69) is 5.32 Å². The second kappa shape index (κ2) is 8.87. The molecule has 0 aliphatic carbocycles. The van der Waals surface area contributed by atoms with Gasteiger partial charge in [0.2, 0.25) is 5.91 Å². The Kier molecular flexibility index (Phi) is 6.84. The summed E-state index contributed by atoms with van der Waals surface area (Å²) in [5, 5.41) is 2.55. The summed E-state index contributed by atoms with van der Waals surface area (Å²) in [6, 6.07) is 8.66. The first-order valence-corrected chi connectivity index (χ1v) is 9.98. The van der Waals surface area contributed by atoms with E-state index in [0.717, 1.165) is 30.0 Å². The molecule has 1 aliphatic heterocycles. The van der Waals surface area contributed by atoms with Crippen molar-refractivity contribution in [2.75, 3.05) is 11.9 Å². The van der Waals surface area contributed by atoms with Gasteiger partial charge in [-0.3, -0.25) is 9.59 Å². The maximum atomic E-state index is 12.5. The van der Waals surface area contributed by atoms with E-state index in [-0.39, 0.29) is 13.0 Å². The number of para-hydroxylation sites is 1. The van der Waals surface area contributed by atoms with Gasteiger partial charge in [-0.1, -0.05) is 43.9 Å². The van der Waals surface area contributed by atoms with Gasteiger partial charge < -0.3 is 5.32 Å². The lowest BCUT2D eigenvalue weighted by molar-refractivity contribution is -0.126. The lowest BCUT2D eigenvalue weighted by Crippen LogP contribution is -2.43. The molecule has 0 spiro atoms. The van der Waals surface area contributed by atoms with Crippen LogP contribution >= 0.6 is 0 Å². The van der Waals surface area contributed by atoms with Crippen LogP contribution in [-0.2, 0) is 14.7 Å². The number of benzene rings is 1. The average Bonchev–Trinajstić information content (AvgIpc) is 2.53. The summed E-state index contributed by atoms with van der Waals surface area (Å²) >= 11 is 0.